The summed E-state index contributed by atoms with van der Waals surface area (Å²) in [7, 11) is 0. The van der Waals surface area contributed by atoms with Crippen LogP contribution < -0.4 is 5.73 Å². The van der Waals surface area contributed by atoms with Crippen LogP contribution in [-0.2, 0) is 0 Å². The van der Waals surface area contributed by atoms with E-state index in [1.165, 1.54) is 16.7 Å². The van der Waals surface area contributed by atoms with Crippen LogP contribution in [0.5, 0.6) is 0 Å². The van der Waals surface area contributed by atoms with Gasteiger partial charge in [-0.3, -0.25) is 0 Å². The molecular formula is C12H17N. The first kappa shape index (κ1) is 9.85. The van der Waals surface area contributed by atoms with Crippen molar-refractivity contribution in [1.82, 2.24) is 0 Å². The first-order valence-electron chi connectivity index (χ1n) is 4.68. The second-order valence-corrected chi connectivity index (χ2v) is 3.32. The average molecular weight is 175 g/mol. The predicted octanol–water partition coefficient (Wildman–Crippen LogP) is 3.09. The van der Waals surface area contributed by atoms with Gasteiger partial charge in [-0.15, -0.1) is 0 Å². The zero-order valence-corrected chi connectivity index (χ0v) is 8.59. The number of hydrogen-bond donors (Lipinski definition) is 1. The van der Waals surface area contributed by atoms with Crippen LogP contribution in [0.1, 0.15) is 31.4 Å². The van der Waals surface area contributed by atoms with Gasteiger partial charge in [0.05, 0.1) is 0 Å². The highest BCUT2D eigenvalue weighted by molar-refractivity contribution is 5.68. The highest BCUT2D eigenvalue weighted by Gasteiger charge is 2.01. The summed E-state index contributed by atoms with van der Waals surface area (Å²) in [6.07, 6.45) is 0.917. The van der Waals surface area contributed by atoms with Crippen LogP contribution in [0.3, 0.4) is 0 Å². The summed E-state index contributed by atoms with van der Waals surface area (Å²) in [5, 5.41) is 0. The molecule has 0 fully saturated rings. The highest BCUT2D eigenvalue weighted by atomic mass is 14.6. The van der Waals surface area contributed by atoms with E-state index in [9.17, 15) is 0 Å². The van der Waals surface area contributed by atoms with Crippen LogP contribution in [-0.4, -0.2) is 0 Å². The third kappa shape index (κ3) is 2.11. The lowest BCUT2D eigenvalue weighted by molar-refractivity contribution is 1.07. The van der Waals surface area contributed by atoms with Crippen LogP contribution in [0, 0.1) is 6.92 Å². The number of nitrogens with two attached hydrogens (primary N) is 1. The maximum atomic E-state index is 5.90. The number of benzene rings is 1. The van der Waals surface area contributed by atoms with Crippen molar-refractivity contribution in [2.75, 3.05) is 0 Å². The van der Waals surface area contributed by atoms with E-state index in [2.05, 4.69) is 39.0 Å². The van der Waals surface area contributed by atoms with E-state index in [1.54, 1.807) is 0 Å². The van der Waals surface area contributed by atoms with Crippen molar-refractivity contribution >= 4 is 5.57 Å². The molecular weight excluding hydrogens is 158 g/mol. The molecule has 0 bridgehead atoms. The fraction of sp³-hybridized carbons (Fsp3) is 0.333. The van der Waals surface area contributed by atoms with E-state index in [1.807, 2.05) is 6.07 Å². The van der Waals surface area contributed by atoms with Gasteiger partial charge >= 0.3 is 0 Å². The third-order valence-corrected chi connectivity index (χ3v) is 2.41. The minimum Gasteiger partial charge on any atom is -0.402 e. The van der Waals surface area contributed by atoms with Gasteiger partial charge in [-0.05, 0) is 37.0 Å². The molecule has 2 N–H and O–H groups in total. The second kappa shape index (κ2) is 4.13. The van der Waals surface area contributed by atoms with E-state index < -0.39 is 0 Å². The van der Waals surface area contributed by atoms with Crippen LogP contribution >= 0.6 is 0 Å². The maximum absolute atomic E-state index is 5.90. The van der Waals surface area contributed by atoms with Gasteiger partial charge in [0.1, 0.15) is 0 Å². The van der Waals surface area contributed by atoms with Crippen LogP contribution in [0.2, 0.25) is 0 Å². The van der Waals surface area contributed by atoms with Crippen LogP contribution in [0.25, 0.3) is 5.57 Å². The molecule has 0 amide bonds. The quantitative estimate of drug-likeness (QED) is 0.734. The van der Waals surface area contributed by atoms with Gasteiger partial charge in [-0.2, -0.15) is 0 Å². The van der Waals surface area contributed by atoms with Gasteiger partial charge in [-0.25, -0.2) is 0 Å². The fourth-order valence-corrected chi connectivity index (χ4v) is 1.43. The van der Waals surface area contributed by atoms with Crippen molar-refractivity contribution in [1.29, 1.82) is 0 Å². The number of aryl methyl sites for hydroxylation is 1. The van der Waals surface area contributed by atoms with Gasteiger partial charge in [0.25, 0.3) is 0 Å². The summed E-state index contributed by atoms with van der Waals surface area (Å²) >= 11 is 0. The van der Waals surface area contributed by atoms with Crippen molar-refractivity contribution in [3.8, 4) is 0 Å². The molecule has 1 aromatic rings. The fourth-order valence-electron chi connectivity index (χ4n) is 1.43. The van der Waals surface area contributed by atoms with Crippen molar-refractivity contribution < 1.29 is 0 Å². The maximum Gasteiger partial charge on any atom is 0.0113 e. The van der Waals surface area contributed by atoms with Gasteiger partial charge < -0.3 is 5.73 Å². The molecule has 0 atom stereocenters. The molecule has 1 nitrogen and oxygen atoms in total. The minimum atomic E-state index is 0.917. The van der Waals surface area contributed by atoms with E-state index in [-0.39, 0.29) is 0 Å². The van der Waals surface area contributed by atoms with Crippen molar-refractivity contribution in [3.63, 3.8) is 0 Å². The smallest absolute Gasteiger partial charge is 0.0113 e. The zero-order valence-electron chi connectivity index (χ0n) is 8.59. The van der Waals surface area contributed by atoms with E-state index in [0.717, 1.165) is 12.1 Å². The van der Waals surface area contributed by atoms with Crippen molar-refractivity contribution in [2.24, 2.45) is 5.73 Å². The monoisotopic (exact) mass is 175 g/mol. The molecule has 0 saturated heterocycles. The van der Waals surface area contributed by atoms with Gasteiger partial charge in [-0.1, -0.05) is 31.2 Å². The molecule has 0 aliphatic carbocycles. The molecule has 0 aliphatic rings. The van der Waals surface area contributed by atoms with E-state index >= 15 is 0 Å². The molecule has 0 heterocycles. The SMILES string of the molecule is CCC(N)=C(C)c1ccccc1C. The zero-order chi connectivity index (χ0) is 9.84. The summed E-state index contributed by atoms with van der Waals surface area (Å²) in [6.45, 7) is 6.28. The highest BCUT2D eigenvalue weighted by Crippen LogP contribution is 2.20. The van der Waals surface area contributed by atoms with E-state index in [0.29, 0.717) is 0 Å². The lowest BCUT2D eigenvalue weighted by Crippen LogP contribution is -1.99. The van der Waals surface area contributed by atoms with Crippen molar-refractivity contribution in [3.05, 3.63) is 41.1 Å². The summed E-state index contributed by atoms with van der Waals surface area (Å²) in [4.78, 5) is 0. The van der Waals surface area contributed by atoms with Gasteiger partial charge in [0, 0.05) is 5.70 Å². The Labute approximate surface area is 80.3 Å². The molecule has 0 spiro atoms. The first-order valence-corrected chi connectivity index (χ1v) is 4.68. The Hall–Kier alpha value is -1.24. The lowest BCUT2D eigenvalue weighted by Gasteiger charge is -2.08. The molecule has 13 heavy (non-hydrogen) atoms. The summed E-state index contributed by atoms with van der Waals surface area (Å²) in [6, 6.07) is 8.33. The molecule has 1 aromatic carbocycles. The average Bonchev–Trinajstić information content (AvgIpc) is 2.16. The van der Waals surface area contributed by atoms with Crippen LogP contribution in [0.4, 0.5) is 0 Å². The Morgan fingerprint density at radius 2 is 1.92 bits per heavy atom. The number of rotatable bonds is 2. The molecule has 0 aromatic heterocycles. The Bertz CT molecular complexity index is 324. The normalized spacial score (nSPS) is 12.5. The minimum absolute atomic E-state index is 0.917. The Kier molecular flexibility index (Phi) is 3.13. The van der Waals surface area contributed by atoms with Crippen molar-refractivity contribution in [2.45, 2.75) is 27.2 Å². The van der Waals surface area contributed by atoms with E-state index in [4.69, 9.17) is 5.73 Å². The number of hydrogen-bond acceptors (Lipinski definition) is 1. The summed E-state index contributed by atoms with van der Waals surface area (Å²) in [5.74, 6) is 0. The Morgan fingerprint density at radius 3 is 2.46 bits per heavy atom. The Balaban J connectivity index is 3.16. The molecule has 1 rings (SSSR count). The Morgan fingerprint density at radius 1 is 1.31 bits per heavy atom. The molecule has 0 unspecified atom stereocenters. The largest absolute Gasteiger partial charge is 0.402 e. The van der Waals surface area contributed by atoms with Gasteiger partial charge in [0.2, 0.25) is 0 Å². The summed E-state index contributed by atoms with van der Waals surface area (Å²) in [5.41, 5.74) is 10.6. The lowest BCUT2D eigenvalue weighted by atomic mass is 10.00. The summed E-state index contributed by atoms with van der Waals surface area (Å²) < 4.78 is 0. The predicted molar refractivity (Wildman–Crippen MR) is 58.3 cm³/mol. The molecule has 70 valence electrons. The number of allylic oxidation sites excluding steroid dienone is 2. The van der Waals surface area contributed by atoms with Crippen LogP contribution in [0.15, 0.2) is 30.0 Å². The topological polar surface area (TPSA) is 26.0 Å². The molecule has 0 aliphatic heterocycles. The first-order chi connectivity index (χ1) is 6.16. The molecule has 0 radical (unpaired) electrons. The van der Waals surface area contributed by atoms with Gasteiger partial charge in [0.15, 0.2) is 0 Å². The molecule has 1 heteroatoms. The second-order valence-electron chi connectivity index (χ2n) is 3.32. The third-order valence-electron chi connectivity index (χ3n) is 2.41. The standard InChI is InChI=1S/C12H17N/c1-4-12(13)10(3)11-8-6-5-7-9(11)2/h5-8H,4,13H2,1-3H3. The molecule has 0 saturated carbocycles.